The molecule has 2 N–H and O–H groups in total. The molecule has 132 valence electrons. The van der Waals surface area contributed by atoms with E-state index in [0.29, 0.717) is 12.1 Å². The first-order valence-corrected chi connectivity index (χ1v) is 8.85. The van der Waals surface area contributed by atoms with Crippen molar-refractivity contribution >= 4 is 5.91 Å². The summed E-state index contributed by atoms with van der Waals surface area (Å²) in [5.74, 6) is 1.47. The van der Waals surface area contributed by atoms with Crippen LogP contribution >= 0.6 is 0 Å². The zero-order chi connectivity index (χ0) is 17.3. The van der Waals surface area contributed by atoms with E-state index in [-0.39, 0.29) is 5.91 Å². The standard InChI is InChI=1S/C20H25N3O2/c24-20(22-11-4-14-23-15-12-21-13-16-23)17-7-9-19(10-8-17)25-18-5-2-1-3-6-18/h1-3,5-10,21H,4,11-16H2,(H,22,24). The average Bonchev–Trinajstić information content (AvgIpc) is 2.67. The molecule has 0 atom stereocenters. The number of hydrogen-bond donors (Lipinski definition) is 2. The Hall–Kier alpha value is -2.37. The molecule has 2 aromatic rings. The van der Waals surface area contributed by atoms with E-state index < -0.39 is 0 Å². The lowest BCUT2D eigenvalue weighted by atomic mass is 10.2. The highest BCUT2D eigenvalue weighted by molar-refractivity contribution is 5.94. The first-order valence-electron chi connectivity index (χ1n) is 8.85. The number of rotatable bonds is 7. The van der Waals surface area contributed by atoms with Gasteiger partial charge < -0.3 is 20.3 Å². The van der Waals surface area contributed by atoms with E-state index in [2.05, 4.69) is 15.5 Å². The molecule has 0 unspecified atom stereocenters. The number of carbonyl (C=O) groups is 1. The summed E-state index contributed by atoms with van der Waals surface area (Å²) < 4.78 is 5.74. The van der Waals surface area contributed by atoms with Gasteiger partial charge in [0.05, 0.1) is 0 Å². The average molecular weight is 339 g/mol. The van der Waals surface area contributed by atoms with E-state index in [1.807, 2.05) is 42.5 Å². The molecule has 0 aliphatic carbocycles. The second kappa shape index (κ2) is 9.20. The van der Waals surface area contributed by atoms with Crippen LogP contribution in [-0.4, -0.2) is 50.1 Å². The van der Waals surface area contributed by atoms with Crippen LogP contribution < -0.4 is 15.4 Å². The molecule has 1 fully saturated rings. The molecule has 25 heavy (non-hydrogen) atoms. The van der Waals surface area contributed by atoms with Gasteiger partial charge in [-0.15, -0.1) is 0 Å². The van der Waals surface area contributed by atoms with Crippen molar-refractivity contribution in [1.82, 2.24) is 15.5 Å². The Kier molecular flexibility index (Phi) is 6.42. The monoisotopic (exact) mass is 339 g/mol. The molecular formula is C20H25N3O2. The highest BCUT2D eigenvalue weighted by atomic mass is 16.5. The van der Waals surface area contributed by atoms with Crippen LogP contribution in [0.25, 0.3) is 0 Å². The number of amides is 1. The molecule has 5 heteroatoms. The first kappa shape index (κ1) is 17.5. The molecule has 2 aromatic carbocycles. The Morgan fingerprint density at radius 1 is 1.00 bits per heavy atom. The van der Waals surface area contributed by atoms with Gasteiger partial charge in [0.25, 0.3) is 5.91 Å². The number of nitrogens with zero attached hydrogens (tertiary/aromatic N) is 1. The van der Waals surface area contributed by atoms with Gasteiger partial charge >= 0.3 is 0 Å². The van der Waals surface area contributed by atoms with Crippen molar-refractivity contribution in [2.45, 2.75) is 6.42 Å². The number of nitrogens with one attached hydrogen (secondary N) is 2. The van der Waals surface area contributed by atoms with Crippen LogP contribution in [-0.2, 0) is 0 Å². The highest BCUT2D eigenvalue weighted by Gasteiger charge is 2.09. The second-order valence-corrected chi connectivity index (χ2v) is 6.14. The van der Waals surface area contributed by atoms with Gasteiger partial charge in [-0.25, -0.2) is 0 Å². The number of ether oxygens (including phenoxy) is 1. The molecular weight excluding hydrogens is 314 g/mol. The summed E-state index contributed by atoms with van der Waals surface area (Å²) in [6.07, 6.45) is 0.973. The maximum absolute atomic E-state index is 12.2. The van der Waals surface area contributed by atoms with Gasteiger partial charge in [-0.05, 0) is 49.4 Å². The van der Waals surface area contributed by atoms with Crippen molar-refractivity contribution in [3.05, 3.63) is 60.2 Å². The van der Waals surface area contributed by atoms with Crippen LogP contribution in [0, 0.1) is 0 Å². The maximum Gasteiger partial charge on any atom is 0.251 e. The molecule has 0 saturated carbocycles. The molecule has 0 aromatic heterocycles. The third-order valence-corrected chi connectivity index (χ3v) is 4.24. The summed E-state index contributed by atoms with van der Waals surface area (Å²) in [4.78, 5) is 14.6. The second-order valence-electron chi connectivity index (χ2n) is 6.14. The fourth-order valence-electron chi connectivity index (χ4n) is 2.84. The maximum atomic E-state index is 12.2. The van der Waals surface area contributed by atoms with Gasteiger partial charge in [-0.3, -0.25) is 4.79 Å². The predicted molar refractivity (Wildman–Crippen MR) is 99.2 cm³/mol. The molecule has 3 rings (SSSR count). The van der Waals surface area contributed by atoms with E-state index in [1.165, 1.54) is 0 Å². The van der Waals surface area contributed by atoms with Gasteiger partial charge in [0.15, 0.2) is 0 Å². The van der Waals surface area contributed by atoms with Crippen LogP contribution in [0.2, 0.25) is 0 Å². The zero-order valence-electron chi connectivity index (χ0n) is 14.4. The summed E-state index contributed by atoms with van der Waals surface area (Å²) >= 11 is 0. The fourth-order valence-corrected chi connectivity index (χ4v) is 2.84. The molecule has 1 saturated heterocycles. The normalized spacial score (nSPS) is 14.9. The number of carbonyl (C=O) groups excluding carboxylic acids is 1. The number of hydrogen-bond acceptors (Lipinski definition) is 4. The first-order chi connectivity index (χ1) is 12.3. The summed E-state index contributed by atoms with van der Waals surface area (Å²) in [6.45, 7) is 6.04. The lowest BCUT2D eigenvalue weighted by Crippen LogP contribution is -2.44. The smallest absolute Gasteiger partial charge is 0.251 e. The van der Waals surface area contributed by atoms with Crippen LogP contribution in [0.3, 0.4) is 0 Å². The van der Waals surface area contributed by atoms with Gasteiger partial charge in [-0.1, -0.05) is 18.2 Å². The van der Waals surface area contributed by atoms with Crippen LogP contribution in [0.5, 0.6) is 11.5 Å². The van der Waals surface area contributed by atoms with Gasteiger partial charge in [0.2, 0.25) is 0 Å². The van der Waals surface area contributed by atoms with Crippen LogP contribution in [0.15, 0.2) is 54.6 Å². The molecule has 5 nitrogen and oxygen atoms in total. The topological polar surface area (TPSA) is 53.6 Å². The zero-order valence-corrected chi connectivity index (χ0v) is 14.4. The SMILES string of the molecule is O=C(NCCCN1CCNCC1)c1ccc(Oc2ccccc2)cc1. The van der Waals surface area contributed by atoms with Gasteiger partial charge in [0, 0.05) is 38.3 Å². The van der Waals surface area contributed by atoms with E-state index in [9.17, 15) is 4.79 Å². The van der Waals surface area contributed by atoms with Gasteiger partial charge in [0.1, 0.15) is 11.5 Å². The largest absolute Gasteiger partial charge is 0.457 e. The Bertz CT molecular complexity index is 652. The summed E-state index contributed by atoms with van der Waals surface area (Å²) in [5, 5.41) is 6.33. The van der Waals surface area contributed by atoms with E-state index in [4.69, 9.17) is 4.74 Å². The highest BCUT2D eigenvalue weighted by Crippen LogP contribution is 2.21. The van der Waals surface area contributed by atoms with Crippen molar-refractivity contribution in [1.29, 1.82) is 0 Å². The molecule has 1 aliphatic heterocycles. The number of piperazine rings is 1. The summed E-state index contributed by atoms with van der Waals surface area (Å²) in [7, 11) is 0. The van der Waals surface area contributed by atoms with Crippen LogP contribution in [0.4, 0.5) is 0 Å². The van der Waals surface area contributed by atoms with Crippen molar-refractivity contribution in [2.24, 2.45) is 0 Å². The summed E-state index contributed by atoms with van der Waals surface area (Å²) in [6, 6.07) is 16.8. The van der Waals surface area contributed by atoms with Crippen molar-refractivity contribution < 1.29 is 9.53 Å². The quantitative estimate of drug-likeness (QED) is 0.761. The van der Waals surface area contributed by atoms with Gasteiger partial charge in [-0.2, -0.15) is 0 Å². The Labute approximate surface area is 149 Å². The van der Waals surface area contributed by atoms with E-state index in [0.717, 1.165) is 50.6 Å². The van der Waals surface area contributed by atoms with E-state index in [1.54, 1.807) is 12.1 Å². The van der Waals surface area contributed by atoms with Crippen molar-refractivity contribution in [3.63, 3.8) is 0 Å². The molecule has 0 bridgehead atoms. The Morgan fingerprint density at radius 2 is 1.68 bits per heavy atom. The minimum absolute atomic E-state index is 0.0356. The minimum atomic E-state index is -0.0356. The predicted octanol–water partition coefficient (Wildman–Crippen LogP) is 2.50. The summed E-state index contributed by atoms with van der Waals surface area (Å²) in [5.41, 5.74) is 0.655. The van der Waals surface area contributed by atoms with E-state index >= 15 is 0 Å². The Balaban J connectivity index is 1.41. The van der Waals surface area contributed by atoms with Crippen molar-refractivity contribution in [3.8, 4) is 11.5 Å². The van der Waals surface area contributed by atoms with Crippen LogP contribution in [0.1, 0.15) is 16.8 Å². The third-order valence-electron chi connectivity index (χ3n) is 4.24. The number of benzene rings is 2. The molecule has 0 spiro atoms. The lowest BCUT2D eigenvalue weighted by molar-refractivity contribution is 0.0951. The van der Waals surface area contributed by atoms with Crippen molar-refractivity contribution in [2.75, 3.05) is 39.3 Å². The number of para-hydroxylation sites is 1. The molecule has 1 aliphatic rings. The fraction of sp³-hybridized carbons (Fsp3) is 0.350. The molecule has 1 heterocycles. The molecule has 1 amide bonds. The third kappa shape index (κ3) is 5.59. The Morgan fingerprint density at radius 3 is 2.40 bits per heavy atom. The molecule has 0 radical (unpaired) electrons. The minimum Gasteiger partial charge on any atom is -0.457 e. The lowest BCUT2D eigenvalue weighted by Gasteiger charge is -2.27.